The van der Waals surface area contributed by atoms with E-state index < -0.39 is 17.9 Å². The molecule has 33 heavy (non-hydrogen) atoms. The summed E-state index contributed by atoms with van der Waals surface area (Å²) in [5.74, 6) is -0.956. The first-order chi connectivity index (χ1) is 15.9. The molecule has 2 aromatic heterocycles. The van der Waals surface area contributed by atoms with Crippen molar-refractivity contribution in [2.24, 2.45) is 5.41 Å². The third-order valence-corrected chi connectivity index (χ3v) is 7.38. The molecule has 0 aromatic carbocycles. The van der Waals surface area contributed by atoms with E-state index in [0.717, 1.165) is 63.1 Å². The van der Waals surface area contributed by atoms with Crippen molar-refractivity contribution in [3.8, 4) is 5.82 Å². The third-order valence-electron chi connectivity index (χ3n) is 7.38. The van der Waals surface area contributed by atoms with E-state index in [1.54, 1.807) is 0 Å². The quantitative estimate of drug-likeness (QED) is 0.665. The summed E-state index contributed by atoms with van der Waals surface area (Å²) in [6, 6.07) is 3.69. The van der Waals surface area contributed by atoms with Crippen molar-refractivity contribution in [2.75, 3.05) is 39.3 Å². The van der Waals surface area contributed by atoms with Crippen molar-refractivity contribution in [3.63, 3.8) is 0 Å². The summed E-state index contributed by atoms with van der Waals surface area (Å²) in [6.07, 6.45) is 4.94. The van der Waals surface area contributed by atoms with Gasteiger partial charge in [-0.25, -0.2) is 9.78 Å². The van der Waals surface area contributed by atoms with Gasteiger partial charge >= 0.3 is 5.97 Å². The van der Waals surface area contributed by atoms with Crippen LogP contribution in [0.2, 0.25) is 0 Å². The van der Waals surface area contributed by atoms with Gasteiger partial charge in [0.05, 0.1) is 11.8 Å². The van der Waals surface area contributed by atoms with Gasteiger partial charge in [0.25, 0.3) is 0 Å². The zero-order valence-electron chi connectivity index (χ0n) is 18.7. The number of carbonyl (C=O) groups excluding carboxylic acids is 1. The molecule has 0 aliphatic carbocycles. The number of likely N-dealkylation sites (tertiary alicyclic amines) is 2. The summed E-state index contributed by atoms with van der Waals surface area (Å²) in [5, 5.41) is 22.0. The number of β-amino-alcohol motifs (C(OH)–C–C–N with tert-alkyl or cyclic N) is 1. The number of pyridine rings is 1. The first-order valence-corrected chi connectivity index (χ1v) is 11.4. The van der Waals surface area contributed by atoms with Gasteiger partial charge in [-0.3, -0.25) is 0 Å². The molecule has 0 bridgehead atoms. The Morgan fingerprint density at radius 2 is 1.91 bits per heavy atom. The number of aromatic nitrogens is 5. The van der Waals surface area contributed by atoms with Crippen LogP contribution in [0, 0.1) is 12.3 Å². The number of halogens is 1. The van der Waals surface area contributed by atoms with E-state index in [1.165, 1.54) is 11.0 Å². The Hall–Kier alpha value is -2.92. The number of hydrogen-bond acceptors (Lipinski definition) is 9. The monoisotopic (exact) mass is 457 g/mol. The maximum atomic E-state index is 14.0. The van der Waals surface area contributed by atoms with Crippen molar-refractivity contribution in [2.45, 2.75) is 38.7 Å². The zero-order chi connectivity index (χ0) is 23.0. The number of tetrazole rings is 1. The topological polar surface area (TPSA) is 109 Å². The number of nitrogens with zero attached hydrogens (tertiary/aromatic N) is 7. The van der Waals surface area contributed by atoms with Crippen LogP contribution in [0.15, 0.2) is 30.0 Å². The minimum Gasteiger partial charge on any atom is -0.454 e. The number of rotatable bonds is 5. The zero-order valence-corrected chi connectivity index (χ0v) is 18.7. The number of aryl methyl sites for hydroxylation is 1. The van der Waals surface area contributed by atoms with Crippen LogP contribution in [0.25, 0.3) is 5.82 Å². The van der Waals surface area contributed by atoms with Crippen molar-refractivity contribution in [1.29, 1.82) is 0 Å². The Kier molecular flexibility index (Phi) is 5.83. The second-order valence-corrected chi connectivity index (χ2v) is 9.24. The number of ether oxygens (including phenoxy) is 1. The first kappa shape index (κ1) is 21.9. The normalized spacial score (nSPS) is 22.2. The third kappa shape index (κ3) is 4.34. The molecule has 0 amide bonds. The molecule has 11 heteroatoms. The van der Waals surface area contributed by atoms with Crippen LogP contribution in [0.1, 0.15) is 43.0 Å². The SMILES string of the molecule is Cc1nc(-n2cnnn2)ccc1[C@@H](O)CN1CCC2(CC1)CCN(C1=C(F)C(=O)OC1)CC2. The van der Waals surface area contributed by atoms with E-state index in [-0.39, 0.29) is 12.0 Å². The van der Waals surface area contributed by atoms with Crippen LogP contribution in [-0.2, 0) is 9.53 Å². The first-order valence-electron chi connectivity index (χ1n) is 11.4. The number of cyclic esters (lactones) is 1. The predicted molar refractivity (Wildman–Crippen MR) is 115 cm³/mol. The lowest BCUT2D eigenvalue weighted by Crippen LogP contribution is -2.47. The number of aliphatic hydroxyl groups is 1. The molecular weight excluding hydrogens is 429 g/mol. The van der Waals surface area contributed by atoms with Gasteiger partial charge in [0, 0.05) is 30.9 Å². The van der Waals surface area contributed by atoms with Crippen molar-refractivity contribution in [3.05, 3.63) is 41.2 Å². The summed E-state index contributed by atoms with van der Waals surface area (Å²) in [6.45, 7) is 5.84. The average molecular weight is 458 g/mol. The Morgan fingerprint density at radius 1 is 1.18 bits per heavy atom. The molecule has 2 aromatic rings. The molecule has 5 heterocycles. The molecule has 3 aliphatic heterocycles. The summed E-state index contributed by atoms with van der Waals surface area (Å²) in [5.41, 5.74) is 2.23. The standard InChI is InChI=1S/C22H28FN7O3/c1-15-16(2-3-19(25-15)30-14-24-26-27-30)18(31)12-28-8-4-22(5-9-28)6-10-29(11-7-22)17-13-33-21(32)20(17)23/h2-3,14,18,31H,4-13H2,1H3/t18-/m0/s1. The summed E-state index contributed by atoms with van der Waals surface area (Å²) < 4.78 is 20.3. The highest BCUT2D eigenvalue weighted by Crippen LogP contribution is 2.42. The fourth-order valence-electron chi connectivity index (χ4n) is 5.22. The molecule has 5 rings (SSSR count). The molecule has 1 spiro atoms. The Bertz CT molecular complexity index is 1040. The van der Waals surface area contributed by atoms with Gasteiger partial charge in [0.15, 0.2) is 5.82 Å². The molecule has 1 N–H and O–H groups in total. The van der Waals surface area contributed by atoms with Crippen LogP contribution in [-0.4, -0.2) is 85.4 Å². The number of aliphatic hydroxyl groups excluding tert-OH is 1. The maximum Gasteiger partial charge on any atom is 0.369 e. The predicted octanol–water partition coefficient (Wildman–Crippen LogP) is 1.32. The van der Waals surface area contributed by atoms with Gasteiger partial charge in [0.2, 0.25) is 5.83 Å². The fourth-order valence-corrected chi connectivity index (χ4v) is 5.22. The summed E-state index contributed by atoms with van der Waals surface area (Å²) >= 11 is 0. The van der Waals surface area contributed by atoms with E-state index in [9.17, 15) is 14.3 Å². The highest BCUT2D eigenvalue weighted by Gasteiger charge is 2.40. The molecule has 0 unspecified atom stereocenters. The van der Waals surface area contributed by atoms with Gasteiger partial charge in [-0.05, 0) is 67.6 Å². The highest BCUT2D eigenvalue weighted by molar-refractivity contribution is 5.89. The molecule has 1 atom stereocenters. The minimum absolute atomic E-state index is 0.0499. The lowest BCUT2D eigenvalue weighted by molar-refractivity contribution is -0.137. The van der Waals surface area contributed by atoms with Gasteiger partial charge in [-0.2, -0.15) is 9.07 Å². The fraction of sp³-hybridized carbons (Fsp3) is 0.591. The van der Waals surface area contributed by atoms with E-state index >= 15 is 0 Å². The Balaban J connectivity index is 1.14. The molecule has 0 radical (unpaired) electrons. The maximum absolute atomic E-state index is 14.0. The average Bonchev–Trinajstić information content (AvgIpc) is 3.47. The second-order valence-electron chi connectivity index (χ2n) is 9.24. The van der Waals surface area contributed by atoms with E-state index in [2.05, 4.69) is 25.4 Å². The van der Waals surface area contributed by atoms with E-state index in [1.807, 2.05) is 24.0 Å². The molecule has 3 aliphatic rings. The Morgan fingerprint density at radius 3 is 2.52 bits per heavy atom. The van der Waals surface area contributed by atoms with Gasteiger partial charge in [-0.15, -0.1) is 5.10 Å². The molecule has 0 saturated carbocycles. The number of hydrogen-bond donors (Lipinski definition) is 1. The summed E-state index contributed by atoms with van der Waals surface area (Å²) in [7, 11) is 0. The number of piperidine rings is 2. The van der Waals surface area contributed by atoms with Crippen molar-refractivity contribution >= 4 is 5.97 Å². The van der Waals surface area contributed by atoms with Crippen LogP contribution >= 0.6 is 0 Å². The minimum atomic E-state index is -0.840. The summed E-state index contributed by atoms with van der Waals surface area (Å²) in [4.78, 5) is 20.1. The van der Waals surface area contributed by atoms with Gasteiger partial charge in [0.1, 0.15) is 12.9 Å². The molecular formula is C22H28FN7O3. The molecule has 176 valence electrons. The Labute approximate surface area is 191 Å². The van der Waals surface area contributed by atoms with Crippen LogP contribution in [0.4, 0.5) is 4.39 Å². The number of esters is 1. The smallest absolute Gasteiger partial charge is 0.369 e. The largest absolute Gasteiger partial charge is 0.454 e. The van der Waals surface area contributed by atoms with Crippen molar-refractivity contribution < 1.29 is 19.0 Å². The second kappa shape index (κ2) is 8.79. The van der Waals surface area contributed by atoms with Gasteiger partial charge < -0.3 is 19.6 Å². The highest BCUT2D eigenvalue weighted by atomic mass is 19.1. The molecule has 10 nitrogen and oxygen atoms in total. The molecule has 2 fully saturated rings. The number of carbonyl (C=O) groups is 1. The van der Waals surface area contributed by atoms with E-state index in [4.69, 9.17) is 4.74 Å². The lowest BCUT2D eigenvalue weighted by Gasteiger charge is -2.47. The van der Waals surface area contributed by atoms with Crippen LogP contribution in [0.5, 0.6) is 0 Å². The molecule has 2 saturated heterocycles. The van der Waals surface area contributed by atoms with E-state index in [0.29, 0.717) is 18.1 Å². The lowest BCUT2D eigenvalue weighted by atomic mass is 9.71. The van der Waals surface area contributed by atoms with Gasteiger partial charge in [-0.1, -0.05) is 6.07 Å². The van der Waals surface area contributed by atoms with Crippen LogP contribution in [0.3, 0.4) is 0 Å². The van der Waals surface area contributed by atoms with Crippen molar-refractivity contribution in [1.82, 2.24) is 35.0 Å². The van der Waals surface area contributed by atoms with Crippen LogP contribution < -0.4 is 0 Å².